The molecule has 2 heterocycles. The van der Waals surface area contributed by atoms with Crippen molar-refractivity contribution in [1.82, 2.24) is 15.5 Å². The van der Waals surface area contributed by atoms with E-state index in [-0.39, 0.29) is 0 Å². The Bertz CT molecular complexity index is 455. The molecule has 23 heavy (non-hydrogen) atoms. The van der Waals surface area contributed by atoms with Gasteiger partial charge in [0, 0.05) is 57.2 Å². The van der Waals surface area contributed by atoms with Gasteiger partial charge in [-0.3, -0.25) is 4.99 Å². The van der Waals surface area contributed by atoms with Gasteiger partial charge in [-0.25, -0.2) is 0 Å². The van der Waals surface area contributed by atoms with Crippen molar-refractivity contribution in [1.29, 1.82) is 0 Å². The molecule has 0 spiro atoms. The summed E-state index contributed by atoms with van der Waals surface area (Å²) in [4.78, 5) is 8.25. The van der Waals surface area contributed by atoms with Crippen molar-refractivity contribution in [2.24, 2.45) is 4.99 Å². The van der Waals surface area contributed by atoms with E-state index in [0.717, 1.165) is 51.6 Å². The fourth-order valence-electron chi connectivity index (χ4n) is 2.83. The minimum atomic E-state index is 0.504. The number of likely N-dealkylation sites (tertiary alicyclic amines) is 1. The highest BCUT2D eigenvalue weighted by Gasteiger charge is 2.19. The molecule has 1 aliphatic rings. The van der Waals surface area contributed by atoms with Gasteiger partial charge in [0.1, 0.15) is 0 Å². The SMILES string of the molecule is CN=C(NCC(C)c1cccs1)NC1CCN(CCOC)CC1. The Morgan fingerprint density at radius 2 is 2.26 bits per heavy atom. The molecule has 0 aliphatic carbocycles. The van der Waals surface area contributed by atoms with E-state index in [2.05, 4.69) is 45.0 Å². The van der Waals surface area contributed by atoms with Gasteiger partial charge in [0.15, 0.2) is 5.96 Å². The molecule has 0 aromatic carbocycles. The lowest BCUT2D eigenvalue weighted by Crippen LogP contribution is -2.49. The van der Waals surface area contributed by atoms with Gasteiger partial charge in [0.25, 0.3) is 0 Å². The largest absolute Gasteiger partial charge is 0.383 e. The maximum atomic E-state index is 5.15. The lowest BCUT2D eigenvalue weighted by molar-refractivity contribution is 0.128. The van der Waals surface area contributed by atoms with Crippen LogP contribution in [-0.2, 0) is 4.74 Å². The van der Waals surface area contributed by atoms with Gasteiger partial charge >= 0.3 is 0 Å². The van der Waals surface area contributed by atoms with Crippen molar-refractivity contribution < 1.29 is 4.74 Å². The highest BCUT2D eigenvalue weighted by molar-refractivity contribution is 7.10. The summed E-state index contributed by atoms with van der Waals surface area (Å²) in [5, 5.41) is 9.16. The first-order valence-electron chi connectivity index (χ1n) is 8.44. The molecule has 5 nitrogen and oxygen atoms in total. The van der Waals surface area contributed by atoms with Gasteiger partial charge in [0.05, 0.1) is 6.61 Å². The van der Waals surface area contributed by atoms with Crippen LogP contribution in [0, 0.1) is 0 Å². The smallest absolute Gasteiger partial charge is 0.191 e. The van der Waals surface area contributed by atoms with Crippen LogP contribution in [0.2, 0.25) is 0 Å². The highest BCUT2D eigenvalue weighted by atomic mass is 32.1. The zero-order chi connectivity index (χ0) is 16.5. The molecule has 130 valence electrons. The summed E-state index contributed by atoms with van der Waals surface area (Å²) in [6.45, 7) is 7.27. The second-order valence-corrected chi connectivity index (χ2v) is 7.10. The highest BCUT2D eigenvalue weighted by Crippen LogP contribution is 2.19. The molecule has 1 unspecified atom stereocenters. The van der Waals surface area contributed by atoms with E-state index in [9.17, 15) is 0 Å². The molecule has 0 bridgehead atoms. The molecule has 0 saturated carbocycles. The molecule has 1 aromatic heterocycles. The summed E-state index contributed by atoms with van der Waals surface area (Å²) in [6, 6.07) is 4.82. The van der Waals surface area contributed by atoms with Crippen LogP contribution in [0.1, 0.15) is 30.6 Å². The Kier molecular flexibility index (Phi) is 7.85. The van der Waals surface area contributed by atoms with Gasteiger partial charge in [-0.2, -0.15) is 0 Å². The van der Waals surface area contributed by atoms with E-state index < -0.39 is 0 Å². The maximum Gasteiger partial charge on any atom is 0.191 e. The number of aliphatic imine (C=N–C) groups is 1. The van der Waals surface area contributed by atoms with Crippen molar-refractivity contribution in [3.05, 3.63) is 22.4 Å². The van der Waals surface area contributed by atoms with Crippen molar-refractivity contribution in [2.45, 2.75) is 31.7 Å². The average Bonchev–Trinajstić information content (AvgIpc) is 3.12. The third kappa shape index (κ3) is 6.12. The zero-order valence-electron chi connectivity index (χ0n) is 14.5. The fraction of sp³-hybridized carbons (Fsp3) is 0.706. The Balaban J connectivity index is 1.69. The van der Waals surface area contributed by atoms with E-state index in [0.29, 0.717) is 12.0 Å². The lowest BCUT2D eigenvalue weighted by Gasteiger charge is -2.33. The number of rotatable bonds is 7. The van der Waals surface area contributed by atoms with E-state index in [1.165, 1.54) is 4.88 Å². The topological polar surface area (TPSA) is 48.9 Å². The Morgan fingerprint density at radius 1 is 1.48 bits per heavy atom. The molecule has 1 fully saturated rings. The van der Waals surface area contributed by atoms with Crippen molar-refractivity contribution >= 4 is 17.3 Å². The summed E-state index contributed by atoms with van der Waals surface area (Å²) < 4.78 is 5.15. The Morgan fingerprint density at radius 3 is 2.87 bits per heavy atom. The normalized spacial score (nSPS) is 18.8. The quantitative estimate of drug-likeness (QED) is 0.591. The number of nitrogens with one attached hydrogen (secondary N) is 2. The second-order valence-electron chi connectivity index (χ2n) is 6.12. The van der Waals surface area contributed by atoms with Crippen LogP contribution in [0.25, 0.3) is 0 Å². The summed E-state index contributed by atoms with van der Waals surface area (Å²) >= 11 is 1.82. The molecule has 1 saturated heterocycles. The number of ether oxygens (including phenoxy) is 1. The van der Waals surface area contributed by atoms with Crippen LogP contribution < -0.4 is 10.6 Å². The fourth-order valence-corrected chi connectivity index (χ4v) is 3.62. The van der Waals surface area contributed by atoms with Gasteiger partial charge < -0.3 is 20.3 Å². The number of nitrogens with zero attached hydrogens (tertiary/aromatic N) is 2. The molecule has 1 aliphatic heterocycles. The molecule has 1 aromatic rings. The van der Waals surface area contributed by atoms with Crippen LogP contribution in [0.4, 0.5) is 0 Å². The summed E-state index contributed by atoms with van der Waals surface area (Å²) in [5.74, 6) is 1.42. The van der Waals surface area contributed by atoms with Crippen molar-refractivity contribution in [3.8, 4) is 0 Å². The molecule has 2 N–H and O–H groups in total. The Labute approximate surface area is 144 Å². The van der Waals surface area contributed by atoms with Gasteiger partial charge in [-0.1, -0.05) is 13.0 Å². The molecular formula is C17H30N4OS. The summed E-state index contributed by atoms with van der Waals surface area (Å²) in [5.41, 5.74) is 0. The minimum Gasteiger partial charge on any atom is -0.383 e. The van der Waals surface area contributed by atoms with E-state index in [1.54, 1.807) is 7.11 Å². The maximum absolute atomic E-state index is 5.15. The number of piperidine rings is 1. The number of thiophene rings is 1. The van der Waals surface area contributed by atoms with Crippen LogP contribution in [0.15, 0.2) is 22.5 Å². The molecular weight excluding hydrogens is 308 g/mol. The van der Waals surface area contributed by atoms with Crippen molar-refractivity contribution in [2.75, 3.05) is 46.9 Å². The number of methoxy groups -OCH3 is 1. The van der Waals surface area contributed by atoms with E-state index in [4.69, 9.17) is 4.74 Å². The lowest BCUT2D eigenvalue weighted by atomic mass is 10.1. The number of guanidine groups is 1. The molecule has 0 radical (unpaired) electrons. The van der Waals surface area contributed by atoms with E-state index >= 15 is 0 Å². The molecule has 1 atom stereocenters. The number of hydrogen-bond acceptors (Lipinski definition) is 4. The van der Waals surface area contributed by atoms with Crippen LogP contribution in [-0.4, -0.2) is 63.8 Å². The molecule has 6 heteroatoms. The number of hydrogen-bond donors (Lipinski definition) is 2. The first-order valence-corrected chi connectivity index (χ1v) is 9.32. The van der Waals surface area contributed by atoms with Crippen LogP contribution in [0.5, 0.6) is 0 Å². The first-order chi connectivity index (χ1) is 11.2. The third-order valence-electron chi connectivity index (χ3n) is 4.37. The van der Waals surface area contributed by atoms with Crippen LogP contribution >= 0.6 is 11.3 Å². The average molecular weight is 339 g/mol. The van der Waals surface area contributed by atoms with Crippen LogP contribution in [0.3, 0.4) is 0 Å². The predicted octanol–water partition coefficient (Wildman–Crippen LogP) is 2.13. The van der Waals surface area contributed by atoms with Gasteiger partial charge in [-0.05, 0) is 24.3 Å². The standard InChI is InChI=1S/C17H30N4OS/c1-14(16-5-4-12-23-16)13-19-17(18-2)20-15-6-8-21(9-7-15)10-11-22-3/h4-5,12,14-15H,6-11,13H2,1-3H3,(H2,18,19,20). The van der Waals surface area contributed by atoms with Gasteiger partial charge in [0.2, 0.25) is 0 Å². The third-order valence-corrected chi connectivity index (χ3v) is 5.47. The first kappa shape index (κ1) is 18.2. The second kappa shape index (κ2) is 9.90. The molecule has 2 rings (SSSR count). The van der Waals surface area contributed by atoms with Crippen molar-refractivity contribution in [3.63, 3.8) is 0 Å². The zero-order valence-corrected chi connectivity index (χ0v) is 15.4. The summed E-state index contributed by atoms with van der Waals surface area (Å²) in [6.07, 6.45) is 2.32. The van der Waals surface area contributed by atoms with E-state index in [1.807, 2.05) is 18.4 Å². The Hall–Kier alpha value is -1.11. The minimum absolute atomic E-state index is 0.504. The predicted molar refractivity (Wildman–Crippen MR) is 98.6 cm³/mol. The molecule has 0 amide bonds. The monoisotopic (exact) mass is 338 g/mol. The van der Waals surface area contributed by atoms with Gasteiger partial charge in [-0.15, -0.1) is 11.3 Å². The summed E-state index contributed by atoms with van der Waals surface area (Å²) in [7, 11) is 3.61.